The summed E-state index contributed by atoms with van der Waals surface area (Å²) in [6, 6.07) is 2.28. The first kappa shape index (κ1) is 8.23. The van der Waals surface area contributed by atoms with E-state index >= 15 is 0 Å². The van der Waals surface area contributed by atoms with E-state index in [-0.39, 0.29) is 12.1 Å². The van der Waals surface area contributed by atoms with Crippen LogP contribution in [-0.4, -0.2) is 12.6 Å². The van der Waals surface area contributed by atoms with Crippen molar-refractivity contribution in [3.63, 3.8) is 0 Å². The number of rotatable bonds is 1. The van der Waals surface area contributed by atoms with Crippen LogP contribution in [0.15, 0.2) is 11.4 Å². The maximum atomic E-state index is 5.82. The highest BCUT2D eigenvalue weighted by atomic mass is 32.1. The first-order chi connectivity index (χ1) is 5.79. The van der Waals surface area contributed by atoms with Crippen molar-refractivity contribution in [1.29, 1.82) is 0 Å². The molecule has 0 radical (unpaired) electrons. The van der Waals surface area contributed by atoms with Gasteiger partial charge in [-0.2, -0.15) is 0 Å². The molecule has 0 amide bonds. The van der Waals surface area contributed by atoms with E-state index in [1.54, 1.807) is 11.3 Å². The Balaban J connectivity index is 2.31. The smallest absolute Gasteiger partial charge is 0.107 e. The van der Waals surface area contributed by atoms with Gasteiger partial charge in [-0.05, 0) is 30.4 Å². The zero-order valence-electron chi connectivity index (χ0n) is 7.12. The Bertz CT molecular complexity index is 269. The maximum Gasteiger partial charge on any atom is 0.107 e. The fourth-order valence-corrected chi connectivity index (χ4v) is 2.68. The van der Waals surface area contributed by atoms with Gasteiger partial charge in [-0.1, -0.05) is 0 Å². The van der Waals surface area contributed by atoms with Crippen molar-refractivity contribution >= 4 is 11.3 Å². The lowest BCUT2D eigenvalue weighted by Crippen LogP contribution is -2.30. The first-order valence-electron chi connectivity index (χ1n) is 4.22. The van der Waals surface area contributed by atoms with E-state index in [0.717, 1.165) is 13.0 Å². The topological polar surface area (TPSA) is 35.2 Å². The van der Waals surface area contributed by atoms with Gasteiger partial charge in [0.15, 0.2) is 0 Å². The van der Waals surface area contributed by atoms with Crippen molar-refractivity contribution in [2.24, 2.45) is 5.73 Å². The van der Waals surface area contributed by atoms with Crippen molar-refractivity contribution in [2.45, 2.75) is 25.5 Å². The van der Waals surface area contributed by atoms with Gasteiger partial charge < -0.3 is 10.5 Å². The molecule has 1 aromatic rings. The van der Waals surface area contributed by atoms with Gasteiger partial charge in [-0.25, -0.2) is 0 Å². The SMILES string of the molecule is C[C@H](N)[C@H]1OCCc2ccsc21. The Labute approximate surface area is 76.3 Å². The molecular formula is C9H13NOS. The highest BCUT2D eigenvalue weighted by Crippen LogP contribution is 2.32. The Morgan fingerprint density at radius 3 is 3.33 bits per heavy atom. The van der Waals surface area contributed by atoms with Crippen LogP contribution in [0.25, 0.3) is 0 Å². The Hall–Kier alpha value is -0.380. The summed E-state index contributed by atoms with van der Waals surface area (Å²) >= 11 is 1.76. The van der Waals surface area contributed by atoms with Crippen molar-refractivity contribution < 1.29 is 4.74 Å². The van der Waals surface area contributed by atoms with E-state index in [1.165, 1.54) is 10.4 Å². The molecule has 66 valence electrons. The molecule has 0 spiro atoms. The molecule has 0 saturated heterocycles. The Kier molecular flexibility index (Phi) is 2.17. The van der Waals surface area contributed by atoms with Gasteiger partial charge in [0.2, 0.25) is 0 Å². The van der Waals surface area contributed by atoms with E-state index in [0.29, 0.717) is 0 Å². The number of hydrogen-bond acceptors (Lipinski definition) is 3. The molecule has 2 atom stereocenters. The minimum absolute atomic E-state index is 0.0997. The van der Waals surface area contributed by atoms with Gasteiger partial charge in [0, 0.05) is 10.9 Å². The number of nitrogens with two attached hydrogens (primary N) is 1. The minimum Gasteiger partial charge on any atom is -0.371 e. The summed E-state index contributed by atoms with van der Waals surface area (Å²) in [4.78, 5) is 1.33. The molecule has 2 rings (SSSR count). The fraction of sp³-hybridized carbons (Fsp3) is 0.556. The van der Waals surface area contributed by atoms with Crippen molar-refractivity contribution in [3.05, 3.63) is 21.9 Å². The molecule has 2 N–H and O–H groups in total. The molecule has 2 nitrogen and oxygen atoms in total. The molecule has 0 aromatic carbocycles. The quantitative estimate of drug-likeness (QED) is 0.719. The van der Waals surface area contributed by atoms with Crippen LogP contribution in [0.1, 0.15) is 23.5 Å². The Morgan fingerprint density at radius 2 is 2.58 bits per heavy atom. The molecule has 0 saturated carbocycles. The summed E-state index contributed by atoms with van der Waals surface area (Å²) in [5.41, 5.74) is 7.25. The van der Waals surface area contributed by atoms with Crippen LogP contribution >= 0.6 is 11.3 Å². The van der Waals surface area contributed by atoms with Crippen LogP contribution in [0.3, 0.4) is 0 Å². The number of thiophene rings is 1. The zero-order chi connectivity index (χ0) is 8.55. The van der Waals surface area contributed by atoms with Gasteiger partial charge in [0.05, 0.1) is 6.61 Å². The molecule has 1 aromatic heterocycles. The van der Waals surface area contributed by atoms with Crippen LogP contribution in [-0.2, 0) is 11.2 Å². The summed E-state index contributed by atoms with van der Waals surface area (Å²) < 4.78 is 5.61. The molecule has 1 aliphatic heterocycles. The van der Waals surface area contributed by atoms with Crippen molar-refractivity contribution in [2.75, 3.05) is 6.61 Å². The zero-order valence-corrected chi connectivity index (χ0v) is 7.93. The molecule has 0 unspecified atom stereocenters. The number of ether oxygens (including phenoxy) is 1. The fourth-order valence-electron chi connectivity index (χ4n) is 1.57. The van der Waals surface area contributed by atoms with Crippen LogP contribution < -0.4 is 5.73 Å². The van der Waals surface area contributed by atoms with Crippen LogP contribution in [0.2, 0.25) is 0 Å². The highest BCUT2D eigenvalue weighted by Gasteiger charge is 2.24. The van der Waals surface area contributed by atoms with E-state index in [2.05, 4.69) is 11.4 Å². The summed E-state index contributed by atoms with van der Waals surface area (Å²) in [7, 11) is 0. The van der Waals surface area contributed by atoms with Gasteiger partial charge in [0.1, 0.15) is 6.10 Å². The maximum absolute atomic E-state index is 5.82. The standard InChI is InChI=1S/C9H13NOS/c1-6(10)8-9-7(2-4-11-8)3-5-12-9/h3,5-6,8H,2,4,10H2,1H3/t6-,8+/m0/s1. The number of hydrogen-bond donors (Lipinski definition) is 1. The molecule has 12 heavy (non-hydrogen) atoms. The van der Waals surface area contributed by atoms with E-state index < -0.39 is 0 Å². The molecule has 3 heteroatoms. The number of fused-ring (bicyclic) bond motifs is 1. The minimum atomic E-state index is 0.0997. The third-order valence-electron chi connectivity index (χ3n) is 2.19. The van der Waals surface area contributed by atoms with E-state index in [1.807, 2.05) is 6.92 Å². The lowest BCUT2D eigenvalue weighted by atomic mass is 10.0. The average molecular weight is 183 g/mol. The van der Waals surface area contributed by atoms with Crippen LogP contribution in [0.4, 0.5) is 0 Å². The summed E-state index contributed by atoms with van der Waals surface area (Å²) in [6.45, 7) is 2.81. The van der Waals surface area contributed by atoms with Crippen molar-refractivity contribution in [1.82, 2.24) is 0 Å². The molecule has 2 heterocycles. The summed E-state index contributed by atoms with van der Waals surface area (Å²) in [6.07, 6.45) is 1.18. The lowest BCUT2D eigenvalue weighted by molar-refractivity contribution is 0.0315. The second kappa shape index (κ2) is 3.17. The van der Waals surface area contributed by atoms with E-state index in [4.69, 9.17) is 10.5 Å². The second-order valence-electron chi connectivity index (χ2n) is 3.21. The normalized spacial score (nSPS) is 25.0. The van der Waals surface area contributed by atoms with Gasteiger partial charge in [-0.15, -0.1) is 11.3 Å². The first-order valence-corrected chi connectivity index (χ1v) is 5.10. The average Bonchev–Trinajstić information content (AvgIpc) is 2.49. The predicted octanol–water partition coefficient (Wildman–Crippen LogP) is 1.71. The van der Waals surface area contributed by atoms with E-state index in [9.17, 15) is 0 Å². The molecule has 1 aliphatic rings. The third kappa shape index (κ3) is 1.28. The van der Waals surface area contributed by atoms with Gasteiger partial charge >= 0.3 is 0 Å². The monoisotopic (exact) mass is 183 g/mol. The van der Waals surface area contributed by atoms with Gasteiger partial charge in [0.25, 0.3) is 0 Å². The van der Waals surface area contributed by atoms with Crippen molar-refractivity contribution in [3.8, 4) is 0 Å². The summed E-state index contributed by atoms with van der Waals surface area (Å²) in [5, 5.41) is 2.12. The van der Waals surface area contributed by atoms with Gasteiger partial charge in [-0.3, -0.25) is 0 Å². The highest BCUT2D eigenvalue weighted by molar-refractivity contribution is 7.10. The third-order valence-corrected chi connectivity index (χ3v) is 3.21. The lowest BCUT2D eigenvalue weighted by Gasteiger charge is -2.25. The molecule has 0 fully saturated rings. The van der Waals surface area contributed by atoms with Crippen LogP contribution in [0.5, 0.6) is 0 Å². The van der Waals surface area contributed by atoms with Crippen LogP contribution in [0, 0.1) is 0 Å². The molecule has 0 bridgehead atoms. The Morgan fingerprint density at radius 1 is 1.75 bits per heavy atom. The molecule has 0 aliphatic carbocycles. The summed E-state index contributed by atoms with van der Waals surface area (Å²) in [5.74, 6) is 0. The largest absolute Gasteiger partial charge is 0.371 e. The second-order valence-corrected chi connectivity index (χ2v) is 4.16. The predicted molar refractivity (Wildman–Crippen MR) is 50.4 cm³/mol. The molecular weight excluding hydrogens is 170 g/mol.